The molecular formula is C28H29ClF3N3O9. The summed E-state index contributed by atoms with van der Waals surface area (Å²) in [7, 11) is 0. The van der Waals surface area contributed by atoms with Crippen molar-refractivity contribution in [2.24, 2.45) is 0 Å². The summed E-state index contributed by atoms with van der Waals surface area (Å²) < 4.78 is 52.8. The number of non-ortho nitro benzene ring substituents is 1. The van der Waals surface area contributed by atoms with E-state index < -0.39 is 68.9 Å². The molecule has 0 radical (unpaired) electrons. The summed E-state index contributed by atoms with van der Waals surface area (Å²) in [5, 5.41) is 46.5. The van der Waals surface area contributed by atoms with Crippen LogP contribution >= 0.6 is 11.6 Å². The van der Waals surface area contributed by atoms with Crippen LogP contribution in [0.2, 0.25) is 5.02 Å². The van der Waals surface area contributed by atoms with E-state index >= 15 is 0 Å². The van der Waals surface area contributed by atoms with Crippen LogP contribution in [0.3, 0.4) is 0 Å². The van der Waals surface area contributed by atoms with Crippen molar-refractivity contribution in [1.82, 2.24) is 10.6 Å². The van der Waals surface area contributed by atoms with Gasteiger partial charge in [0.2, 0.25) is 0 Å². The first-order chi connectivity index (χ1) is 20.7. The molecule has 0 bridgehead atoms. The molecule has 0 aliphatic carbocycles. The lowest BCUT2D eigenvalue weighted by Crippen LogP contribution is -2.37. The normalized spacial score (nSPS) is 15.9. The molecule has 238 valence electrons. The van der Waals surface area contributed by atoms with Crippen molar-refractivity contribution in [3.8, 4) is 11.5 Å². The highest BCUT2D eigenvalue weighted by Crippen LogP contribution is 2.46. The maximum atomic E-state index is 13.9. The lowest BCUT2D eigenvalue weighted by molar-refractivity contribution is -0.384. The Morgan fingerprint density at radius 1 is 1.09 bits per heavy atom. The molecule has 16 heteroatoms. The second kappa shape index (κ2) is 14.9. The average molecular weight is 644 g/mol. The highest BCUT2D eigenvalue weighted by atomic mass is 35.5. The molecule has 12 nitrogen and oxygen atoms in total. The minimum atomic E-state index is -5.21. The second-order valence-electron chi connectivity index (χ2n) is 9.63. The fraction of sp³-hybridized carbons (Fsp3) is 0.357. The molecule has 0 spiro atoms. The summed E-state index contributed by atoms with van der Waals surface area (Å²) in [6.07, 6.45) is -5.17. The first-order valence-corrected chi connectivity index (χ1v) is 13.5. The standard InChI is InChI=1S/C28H29ClF3N3O9/c1-15-22(26(37)38)23(24(27(39)40)25(34-15)28(30,31)32)18-12-16(35(41)42)8-9-20(18)43-11-5-4-10-33-13-17(36)14-44-21-7-3-2-6-19(21)29/h2-3,6-9,12,17,23,33-34,36H,4-5,10-11,13-14H2,1H3,(H,37,38)(H,39,40). The Kier molecular flexibility index (Phi) is 11.6. The van der Waals surface area contributed by atoms with Crippen LogP contribution in [0, 0.1) is 10.1 Å². The number of benzene rings is 2. The first kappa shape index (κ1) is 34.2. The largest absolute Gasteiger partial charge is 0.493 e. The van der Waals surface area contributed by atoms with Crippen LogP contribution in [0.1, 0.15) is 31.2 Å². The van der Waals surface area contributed by atoms with Crippen LogP contribution in [0.5, 0.6) is 11.5 Å². The van der Waals surface area contributed by atoms with Crippen molar-refractivity contribution in [3.05, 3.63) is 85.7 Å². The van der Waals surface area contributed by atoms with Gasteiger partial charge in [-0.2, -0.15) is 13.2 Å². The minimum Gasteiger partial charge on any atom is -0.493 e. The summed E-state index contributed by atoms with van der Waals surface area (Å²) in [5.41, 5.74) is -5.28. The number of nitrogens with one attached hydrogen (secondary N) is 2. The molecule has 0 fully saturated rings. The number of hydrogen-bond donors (Lipinski definition) is 5. The van der Waals surface area contributed by atoms with Crippen LogP contribution in [-0.2, 0) is 9.59 Å². The number of para-hydroxylation sites is 1. The molecule has 1 aliphatic heterocycles. The third-order valence-corrected chi connectivity index (χ3v) is 6.79. The Morgan fingerprint density at radius 2 is 1.77 bits per heavy atom. The number of rotatable bonds is 15. The number of allylic oxidation sites excluding steroid dienone is 2. The van der Waals surface area contributed by atoms with Crippen molar-refractivity contribution < 1.29 is 52.5 Å². The van der Waals surface area contributed by atoms with Crippen molar-refractivity contribution >= 4 is 29.2 Å². The quantitative estimate of drug-likeness (QED) is 0.106. The number of carbonyl (C=O) groups is 2. The van der Waals surface area contributed by atoms with Crippen molar-refractivity contribution in [1.29, 1.82) is 0 Å². The van der Waals surface area contributed by atoms with E-state index in [1.165, 1.54) is 0 Å². The Labute approximate surface area is 253 Å². The molecule has 44 heavy (non-hydrogen) atoms. The van der Waals surface area contributed by atoms with Crippen molar-refractivity contribution in [2.45, 2.75) is 38.0 Å². The topological polar surface area (TPSA) is 180 Å². The molecule has 2 aromatic carbocycles. The van der Waals surface area contributed by atoms with E-state index in [-0.39, 0.29) is 25.5 Å². The number of alkyl halides is 3. The third-order valence-electron chi connectivity index (χ3n) is 6.48. The van der Waals surface area contributed by atoms with E-state index in [4.69, 9.17) is 21.1 Å². The number of carboxylic acids is 2. The molecule has 2 unspecified atom stereocenters. The zero-order valence-corrected chi connectivity index (χ0v) is 23.9. The molecule has 2 atom stereocenters. The second-order valence-corrected chi connectivity index (χ2v) is 10.0. The molecule has 2 aromatic rings. The maximum Gasteiger partial charge on any atom is 0.431 e. The number of aliphatic hydroxyl groups excluding tert-OH is 1. The number of dihydropyridines is 1. The van der Waals surface area contributed by atoms with E-state index in [2.05, 4.69) is 5.32 Å². The van der Waals surface area contributed by atoms with Crippen LogP contribution < -0.4 is 20.1 Å². The molecule has 1 heterocycles. The van der Waals surface area contributed by atoms with Gasteiger partial charge in [0.25, 0.3) is 5.69 Å². The fourth-order valence-corrected chi connectivity index (χ4v) is 4.68. The van der Waals surface area contributed by atoms with Gasteiger partial charge in [-0.3, -0.25) is 10.1 Å². The highest BCUT2D eigenvalue weighted by molar-refractivity contribution is 6.32. The van der Waals surface area contributed by atoms with Crippen LogP contribution in [-0.4, -0.2) is 70.8 Å². The predicted molar refractivity (Wildman–Crippen MR) is 151 cm³/mol. The minimum absolute atomic E-state index is 0.00542. The highest BCUT2D eigenvalue weighted by Gasteiger charge is 2.47. The van der Waals surface area contributed by atoms with Gasteiger partial charge in [-0.1, -0.05) is 23.7 Å². The van der Waals surface area contributed by atoms with Gasteiger partial charge in [-0.15, -0.1) is 0 Å². The Bertz CT molecular complexity index is 1460. The van der Waals surface area contributed by atoms with Crippen LogP contribution in [0.25, 0.3) is 0 Å². The van der Waals surface area contributed by atoms with Crippen molar-refractivity contribution in [3.63, 3.8) is 0 Å². The zero-order chi connectivity index (χ0) is 32.6. The lowest BCUT2D eigenvalue weighted by Gasteiger charge is -2.31. The fourth-order valence-electron chi connectivity index (χ4n) is 4.49. The lowest BCUT2D eigenvalue weighted by atomic mass is 9.79. The number of nitrogens with zero attached hydrogens (tertiary/aromatic N) is 1. The number of nitro groups is 1. The van der Waals surface area contributed by atoms with Crippen LogP contribution in [0.15, 0.2) is 65.0 Å². The number of hydrogen-bond acceptors (Lipinski definition) is 9. The van der Waals surface area contributed by atoms with Gasteiger partial charge in [-0.25, -0.2) is 9.59 Å². The summed E-state index contributed by atoms with van der Waals surface area (Å²) in [6, 6.07) is 9.71. The number of aliphatic carboxylic acids is 2. The smallest absolute Gasteiger partial charge is 0.431 e. The SMILES string of the molecule is CC1=C(C(=O)O)C(c2cc([N+](=O)[O-])ccc2OCCCCNCC(O)COc2ccccc2Cl)C(C(=O)O)=C(C(F)(F)F)N1. The van der Waals surface area contributed by atoms with E-state index in [0.717, 1.165) is 25.1 Å². The van der Waals surface area contributed by atoms with E-state index in [0.29, 0.717) is 30.2 Å². The number of ether oxygens (including phenoxy) is 2. The van der Waals surface area contributed by atoms with Gasteiger partial charge >= 0.3 is 18.1 Å². The summed E-state index contributed by atoms with van der Waals surface area (Å²) in [4.78, 5) is 34.9. The van der Waals surface area contributed by atoms with Gasteiger partial charge in [0.05, 0.1) is 33.6 Å². The number of unbranched alkanes of at least 4 members (excludes halogenated alkanes) is 1. The Hall–Kier alpha value is -4.34. The monoisotopic (exact) mass is 643 g/mol. The van der Waals surface area contributed by atoms with E-state index in [1.54, 1.807) is 24.3 Å². The Morgan fingerprint density at radius 3 is 2.39 bits per heavy atom. The predicted octanol–water partition coefficient (Wildman–Crippen LogP) is 4.38. The Balaban J connectivity index is 1.71. The average Bonchev–Trinajstić information content (AvgIpc) is 2.94. The molecule has 5 N–H and O–H groups in total. The van der Waals surface area contributed by atoms with Gasteiger partial charge in [0.1, 0.15) is 29.9 Å². The molecule has 0 amide bonds. The number of aliphatic hydroxyl groups is 1. The number of halogens is 4. The van der Waals surface area contributed by atoms with Gasteiger partial charge in [0.15, 0.2) is 0 Å². The number of nitro benzene ring substituents is 1. The molecular weight excluding hydrogens is 615 g/mol. The molecule has 0 aromatic heterocycles. The summed E-state index contributed by atoms with van der Waals surface area (Å²) >= 11 is 6.01. The molecule has 1 aliphatic rings. The maximum absolute atomic E-state index is 13.9. The zero-order valence-electron chi connectivity index (χ0n) is 23.2. The van der Waals surface area contributed by atoms with E-state index in [9.17, 15) is 48.2 Å². The third kappa shape index (κ3) is 8.61. The first-order valence-electron chi connectivity index (χ1n) is 13.1. The molecule has 0 saturated heterocycles. The van der Waals surface area contributed by atoms with Crippen molar-refractivity contribution in [2.75, 3.05) is 26.3 Å². The molecule has 3 rings (SSSR count). The summed E-state index contributed by atoms with van der Waals surface area (Å²) in [5.74, 6) is -5.61. The van der Waals surface area contributed by atoms with Gasteiger partial charge in [0, 0.05) is 29.9 Å². The van der Waals surface area contributed by atoms with E-state index in [1.807, 2.05) is 5.32 Å². The molecule has 0 saturated carbocycles. The van der Waals surface area contributed by atoms with Gasteiger partial charge in [-0.05, 0) is 44.5 Å². The number of carboxylic acid groups (broad SMARTS) is 2. The van der Waals surface area contributed by atoms with Gasteiger partial charge < -0.3 is 35.4 Å². The van der Waals surface area contributed by atoms with Crippen LogP contribution in [0.4, 0.5) is 18.9 Å². The summed E-state index contributed by atoms with van der Waals surface area (Å²) in [6.45, 7) is 1.61.